The number of hydrogen-bond acceptors (Lipinski definition) is 9. The van der Waals surface area contributed by atoms with E-state index in [9.17, 15) is 31.1 Å². The molecule has 0 radical (unpaired) electrons. The van der Waals surface area contributed by atoms with Gasteiger partial charge in [-0.1, -0.05) is 71.8 Å². The summed E-state index contributed by atoms with van der Waals surface area (Å²) in [4.78, 5) is 22.6. The highest BCUT2D eigenvalue weighted by Crippen LogP contribution is 2.32. The van der Waals surface area contributed by atoms with Gasteiger partial charge in [0.1, 0.15) is 0 Å². The van der Waals surface area contributed by atoms with Crippen molar-refractivity contribution >= 4 is 5.78 Å². The normalized spacial score (nSPS) is 13.5. The van der Waals surface area contributed by atoms with Crippen LogP contribution in [0.3, 0.4) is 0 Å². The summed E-state index contributed by atoms with van der Waals surface area (Å²) in [5.74, 6) is -2.17. The van der Waals surface area contributed by atoms with Crippen molar-refractivity contribution in [3.05, 3.63) is 119 Å². The molecule has 4 heterocycles. The Balaban J connectivity index is 0.000000173. The number of fused-ring (bicyclic) bond motifs is 1. The molecule has 4 aromatic heterocycles. The average Bonchev–Trinajstić information content (AvgIpc) is 3.91. The highest BCUT2D eigenvalue weighted by molar-refractivity contribution is 6.00. The van der Waals surface area contributed by atoms with E-state index in [1.54, 1.807) is 55.8 Å². The Morgan fingerprint density at radius 3 is 1.82 bits per heavy atom. The highest BCUT2D eigenvalue weighted by atomic mass is 19.4. The van der Waals surface area contributed by atoms with Gasteiger partial charge in [-0.25, -0.2) is 4.98 Å². The van der Waals surface area contributed by atoms with Crippen LogP contribution in [0.2, 0.25) is 0 Å². The van der Waals surface area contributed by atoms with Crippen LogP contribution in [0.25, 0.3) is 22.8 Å². The third-order valence-electron chi connectivity index (χ3n) is 7.94. The zero-order valence-corrected chi connectivity index (χ0v) is 26.3. The number of nitrogens with zero attached hydrogens (tertiary/aromatic N) is 6. The monoisotopic (exact) mass is 696 g/mol. The van der Waals surface area contributed by atoms with Gasteiger partial charge in [0.2, 0.25) is 17.5 Å². The third-order valence-corrected chi connectivity index (χ3v) is 7.94. The van der Waals surface area contributed by atoms with E-state index in [-0.39, 0.29) is 23.3 Å². The van der Waals surface area contributed by atoms with Crippen LogP contribution < -0.4 is 4.74 Å². The molecule has 7 rings (SSSR count). The minimum absolute atomic E-state index is 0.0588. The van der Waals surface area contributed by atoms with Crippen molar-refractivity contribution in [3.8, 4) is 28.7 Å². The van der Waals surface area contributed by atoms with E-state index in [0.717, 1.165) is 34.2 Å². The van der Waals surface area contributed by atoms with E-state index in [1.165, 1.54) is 0 Å². The number of aryl methyl sites for hydroxylation is 1. The zero-order valence-electron chi connectivity index (χ0n) is 26.3. The summed E-state index contributed by atoms with van der Waals surface area (Å²) in [6.45, 7) is 2.58. The van der Waals surface area contributed by atoms with Gasteiger partial charge >= 0.3 is 24.1 Å². The predicted molar refractivity (Wildman–Crippen MR) is 164 cm³/mol. The van der Waals surface area contributed by atoms with E-state index >= 15 is 0 Å². The number of pyridine rings is 1. The lowest BCUT2D eigenvalue weighted by molar-refractivity contribution is -0.160. The minimum atomic E-state index is -4.66. The lowest BCUT2D eigenvalue weighted by Gasteiger charge is -2.12. The Kier molecular flexibility index (Phi) is 9.27. The maximum absolute atomic E-state index is 12.5. The molecule has 0 saturated heterocycles. The number of Topliss-reactive ketones (excluding diaryl/α,β-unsaturated/α-hetero) is 1. The van der Waals surface area contributed by atoms with Crippen LogP contribution in [-0.4, -0.2) is 42.7 Å². The second kappa shape index (κ2) is 13.6. The van der Waals surface area contributed by atoms with Crippen LogP contribution in [0.1, 0.15) is 63.7 Å². The highest BCUT2D eigenvalue weighted by Gasteiger charge is 2.39. The molecule has 0 spiro atoms. The molecule has 16 heteroatoms. The first kappa shape index (κ1) is 34.1. The lowest BCUT2D eigenvalue weighted by atomic mass is 9.93. The van der Waals surface area contributed by atoms with Gasteiger partial charge < -0.3 is 18.4 Å². The number of benzene rings is 2. The molecule has 6 aromatic rings. The molecule has 0 aliphatic heterocycles. The minimum Gasteiger partial charge on any atom is -0.481 e. The van der Waals surface area contributed by atoms with Crippen LogP contribution >= 0.6 is 0 Å². The van der Waals surface area contributed by atoms with Crippen molar-refractivity contribution in [2.75, 3.05) is 7.11 Å². The number of carbonyl (C=O) groups excluding carboxylic acids is 1. The van der Waals surface area contributed by atoms with E-state index in [1.807, 2.05) is 42.1 Å². The van der Waals surface area contributed by atoms with Crippen molar-refractivity contribution < 1.29 is 44.9 Å². The zero-order chi connectivity index (χ0) is 35.6. The second-order valence-electron chi connectivity index (χ2n) is 11.3. The van der Waals surface area contributed by atoms with Crippen LogP contribution in [0, 0.1) is 0 Å². The van der Waals surface area contributed by atoms with E-state index in [4.69, 9.17) is 4.74 Å². The summed E-state index contributed by atoms with van der Waals surface area (Å²) in [5.41, 5.74) is 5.65. The molecule has 1 aliphatic carbocycles. The van der Waals surface area contributed by atoms with Gasteiger partial charge in [0.15, 0.2) is 5.78 Å². The Morgan fingerprint density at radius 1 is 0.780 bits per heavy atom. The topological polar surface area (TPSA) is 122 Å². The van der Waals surface area contributed by atoms with Gasteiger partial charge in [0.25, 0.3) is 0 Å². The van der Waals surface area contributed by atoms with Gasteiger partial charge in [-0.15, -0.1) is 0 Å². The number of methoxy groups -OCH3 is 1. The quantitative estimate of drug-likeness (QED) is 0.153. The van der Waals surface area contributed by atoms with Gasteiger partial charge in [0.05, 0.1) is 7.11 Å². The fourth-order valence-electron chi connectivity index (χ4n) is 5.24. The number of rotatable bonds is 7. The molecule has 0 bridgehead atoms. The second-order valence-corrected chi connectivity index (χ2v) is 11.3. The number of alkyl halides is 6. The van der Waals surface area contributed by atoms with Crippen LogP contribution in [0.15, 0.2) is 88.3 Å². The summed E-state index contributed by atoms with van der Waals surface area (Å²) in [5, 5.41) is 6.73. The predicted octanol–water partition coefficient (Wildman–Crippen LogP) is 8.04. The summed E-state index contributed by atoms with van der Waals surface area (Å²) in [7, 11) is 1.55. The summed E-state index contributed by atoms with van der Waals surface area (Å²) < 4.78 is 90.5. The molecule has 0 amide bonds. The Morgan fingerprint density at radius 2 is 1.34 bits per heavy atom. The smallest absolute Gasteiger partial charge is 0.471 e. The maximum atomic E-state index is 12.5. The van der Waals surface area contributed by atoms with Gasteiger partial charge in [-0.05, 0) is 28.7 Å². The first-order valence-corrected chi connectivity index (χ1v) is 15.0. The van der Waals surface area contributed by atoms with Crippen molar-refractivity contribution in [2.45, 2.75) is 44.6 Å². The van der Waals surface area contributed by atoms with Crippen molar-refractivity contribution in [1.29, 1.82) is 0 Å². The fourth-order valence-corrected chi connectivity index (χ4v) is 5.24. The molecule has 0 saturated carbocycles. The first-order valence-electron chi connectivity index (χ1n) is 15.0. The molecule has 1 unspecified atom stereocenters. The van der Waals surface area contributed by atoms with E-state index in [2.05, 4.69) is 34.3 Å². The third kappa shape index (κ3) is 7.58. The average molecular weight is 697 g/mol. The number of aromatic nitrogens is 6. The van der Waals surface area contributed by atoms with Crippen LogP contribution in [0.5, 0.6) is 5.88 Å². The van der Waals surface area contributed by atoms with Crippen molar-refractivity contribution in [1.82, 2.24) is 29.8 Å². The molecule has 1 atom stereocenters. The van der Waals surface area contributed by atoms with Crippen molar-refractivity contribution in [3.63, 3.8) is 0 Å². The Labute approximate surface area is 279 Å². The fraction of sp³-hybridized carbons (Fsp3) is 0.235. The molecule has 258 valence electrons. The first-order chi connectivity index (χ1) is 23.8. The molecule has 0 fully saturated rings. The van der Waals surface area contributed by atoms with Gasteiger partial charge in [-0.2, -0.15) is 36.3 Å². The van der Waals surface area contributed by atoms with Crippen molar-refractivity contribution in [2.24, 2.45) is 0 Å². The van der Waals surface area contributed by atoms with E-state index < -0.39 is 24.1 Å². The largest absolute Gasteiger partial charge is 0.481 e. The molecular formula is C34H26F6N6O4. The standard InChI is InChI=1S/C17H12F3N3O2.C17H14F3N3O2/c18-17(19,20)16-21-15(22-25-16)11-3-1-10(2-4-11)7-23-8-12-5-6-14(24)13(12)9-23;1-10(13-7-8-14(24-2)21-9-13)11-3-5-12(6-4-11)15-22-16(25-23-15)17(18,19)20/h1-4,8-9H,5-7H2;3-10H,1-2H3. The summed E-state index contributed by atoms with van der Waals surface area (Å²) in [6, 6.07) is 17.5. The number of carbonyl (C=O) groups is 1. The Bertz CT molecular complexity index is 2080. The number of halogens is 6. The summed E-state index contributed by atoms with van der Waals surface area (Å²) in [6.07, 6.45) is -2.43. The van der Waals surface area contributed by atoms with Gasteiger partial charge in [0, 0.05) is 60.2 Å². The van der Waals surface area contributed by atoms with Crippen LogP contribution in [-0.2, 0) is 25.3 Å². The molecule has 2 aromatic carbocycles. The number of hydrogen-bond donors (Lipinski definition) is 0. The molecule has 0 N–H and O–H groups in total. The maximum Gasteiger partial charge on any atom is 0.471 e. The summed E-state index contributed by atoms with van der Waals surface area (Å²) >= 11 is 0. The number of ketones is 1. The Hall–Kier alpha value is -5.80. The lowest BCUT2D eigenvalue weighted by Crippen LogP contribution is -2.04. The SMILES string of the molecule is COc1ccc(C(C)c2ccc(-c3noc(C(F)(F)F)n3)cc2)cn1.O=C1CCc2cn(Cc3ccc(-c4noc(C(F)(F)F)n4)cc3)cc21. The molecule has 1 aliphatic rings. The molecule has 50 heavy (non-hydrogen) atoms. The molecule has 10 nitrogen and oxygen atoms in total. The molecular weight excluding hydrogens is 670 g/mol. The van der Waals surface area contributed by atoms with E-state index in [0.29, 0.717) is 30.0 Å². The van der Waals surface area contributed by atoms with Crippen LogP contribution in [0.4, 0.5) is 26.3 Å². The number of ether oxygens (including phenoxy) is 1. The van der Waals surface area contributed by atoms with Gasteiger partial charge in [-0.3, -0.25) is 4.79 Å².